The van der Waals surface area contributed by atoms with Gasteiger partial charge in [0.2, 0.25) is 5.54 Å². The number of rotatable bonds is 5. The first-order chi connectivity index (χ1) is 13.3. The molecule has 0 radical (unpaired) electrons. The molecule has 0 bridgehead atoms. The Morgan fingerprint density at radius 2 is 1.82 bits per heavy atom. The summed E-state index contributed by atoms with van der Waals surface area (Å²) in [4.78, 5) is 24.4. The van der Waals surface area contributed by atoms with E-state index in [0.29, 0.717) is 16.9 Å². The lowest BCUT2D eigenvalue weighted by atomic mass is 9.75. The van der Waals surface area contributed by atoms with Crippen molar-refractivity contribution in [3.8, 4) is 11.5 Å². The van der Waals surface area contributed by atoms with Crippen molar-refractivity contribution < 1.29 is 24.3 Å². The third-order valence-corrected chi connectivity index (χ3v) is 5.46. The van der Waals surface area contributed by atoms with E-state index in [-0.39, 0.29) is 5.75 Å². The van der Waals surface area contributed by atoms with Crippen LogP contribution in [0.4, 0.5) is 0 Å². The van der Waals surface area contributed by atoms with Crippen molar-refractivity contribution in [2.75, 3.05) is 14.2 Å². The summed E-state index contributed by atoms with van der Waals surface area (Å²) in [5, 5.41) is 25.6. The third kappa shape index (κ3) is 3.05. The Bertz CT molecular complexity index is 885. The Hall–Kier alpha value is -3.13. The molecule has 3 rings (SSSR count). The first-order valence-corrected chi connectivity index (χ1v) is 8.74. The number of aromatic hydroxyl groups is 1. The van der Waals surface area contributed by atoms with Crippen molar-refractivity contribution in [1.29, 1.82) is 0 Å². The standard InChI is InChI=1S/C20H22N2O6/c1-20(22(25)26)16(12-8-10-13(27-2)11-9-12)17(19(24)28-3)21-18(20)14-6-4-5-7-15(14)23/h4-11,16-18,21,23H,1-3H3/t16-,17-,18-,20+/m0/s1. The normalized spacial score (nSPS) is 26.6. The van der Waals surface area contributed by atoms with E-state index in [1.165, 1.54) is 27.2 Å². The van der Waals surface area contributed by atoms with Crippen LogP contribution in [0.2, 0.25) is 0 Å². The molecule has 148 valence electrons. The summed E-state index contributed by atoms with van der Waals surface area (Å²) in [6.45, 7) is 1.48. The highest BCUT2D eigenvalue weighted by atomic mass is 16.6. The lowest BCUT2D eigenvalue weighted by molar-refractivity contribution is -0.571. The molecular formula is C20H22N2O6. The van der Waals surface area contributed by atoms with Crippen LogP contribution in [-0.2, 0) is 9.53 Å². The number of ether oxygens (including phenoxy) is 2. The van der Waals surface area contributed by atoms with E-state index in [2.05, 4.69) is 5.32 Å². The fourth-order valence-corrected chi connectivity index (χ4v) is 3.99. The number of esters is 1. The van der Waals surface area contributed by atoms with Crippen LogP contribution in [-0.4, -0.2) is 41.8 Å². The number of hydrogen-bond acceptors (Lipinski definition) is 7. The quantitative estimate of drug-likeness (QED) is 0.461. The zero-order chi connectivity index (χ0) is 20.5. The van der Waals surface area contributed by atoms with Crippen LogP contribution < -0.4 is 10.1 Å². The molecule has 28 heavy (non-hydrogen) atoms. The summed E-state index contributed by atoms with van der Waals surface area (Å²) in [5.74, 6) is -0.909. The van der Waals surface area contributed by atoms with Crippen molar-refractivity contribution in [2.24, 2.45) is 0 Å². The number of benzene rings is 2. The van der Waals surface area contributed by atoms with Crippen molar-refractivity contribution in [2.45, 2.75) is 30.5 Å². The Morgan fingerprint density at radius 3 is 2.36 bits per heavy atom. The van der Waals surface area contributed by atoms with Gasteiger partial charge in [0, 0.05) is 17.4 Å². The molecule has 1 fully saturated rings. The molecule has 1 aliphatic heterocycles. The molecule has 0 aliphatic carbocycles. The molecule has 0 spiro atoms. The summed E-state index contributed by atoms with van der Waals surface area (Å²) < 4.78 is 10.1. The number of nitrogens with zero attached hydrogens (tertiary/aromatic N) is 1. The second kappa shape index (κ2) is 7.47. The van der Waals surface area contributed by atoms with Gasteiger partial charge in [-0.05, 0) is 23.8 Å². The second-order valence-corrected chi connectivity index (χ2v) is 6.89. The maximum absolute atomic E-state index is 12.5. The van der Waals surface area contributed by atoms with E-state index in [4.69, 9.17) is 9.47 Å². The zero-order valence-electron chi connectivity index (χ0n) is 15.8. The van der Waals surface area contributed by atoms with Crippen LogP contribution in [0.25, 0.3) is 0 Å². The fraction of sp³-hybridized carbons (Fsp3) is 0.350. The van der Waals surface area contributed by atoms with Crippen molar-refractivity contribution >= 4 is 5.97 Å². The van der Waals surface area contributed by atoms with Crippen LogP contribution in [0.5, 0.6) is 11.5 Å². The largest absolute Gasteiger partial charge is 0.508 e. The minimum Gasteiger partial charge on any atom is -0.508 e. The van der Waals surface area contributed by atoms with Gasteiger partial charge in [0.25, 0.3) is 0 Å². The number of carbonyl (C=O) groups excluding carboxylic acids is 1. The molecule has 8 nitrogen and oxygen atoms in total. The molecule has 2 aromatic carbocycles. The average Bonchev–Trinajstić information content (AvgIpc) is 3.02. The van der Waals surface area contributed by atoms with Crippen molar-refractivity contribution in [3.05, 3.63) is 69.8 Å². The van der Waals surface area contributed by atoms with Gasteiger partial charge in [-0.2, -0.15) is 0 Å². The SMILES string of the molecule is COC(=O)[C@H]1N[C@@H](c2ccccc2O)[C@](C)([N+](=O)[O-])[C@H]1c1ccc(OC)cc1. The monoisotopic (exact) mass is 386 g/mol. The molecule has 8 heteroatoms. The summed E-state index contributed by atoms with van der Waals surface area (Å²) in [7, 11) is 2.77. The van der Waals surface area contributed by atoms with Gasteiger partial charge in [0.05, 0.1) is 20.1 Å². The maximum Gasteiger partial charge on any atom is 0.323 e. The number of nitro groups is 1. The number of methoxy groups -OCH3 is 2. The number of nitrogens with one attached hydrogen (secondary N) is 1. The minimum absolute atomic E-state index is 0.0768. The minimum atomic E-state index is -1.62. The second-order valence-electron chi connectivity index (χ2n) is 6.89. The van der Waals surface area contributed by atoms with E-state index in [9.17, 15) is 20.0 Å². The van der Waals surface area contributed by atoms with E-state index < -0.39 is 34.4 Å². The Morgan fingerprint density at radius 1 is 1.18 bits per heavy atom. The lowest BCUT2D eigenvalue weighted by Gasteiger charge is -2.29. The van der Waals surface area contributed by atoms with Gasteiger partial charge < -0.3 is 14.6 Å². The molecule has 4 atom stereocenters. The number of para-hydroxylation sites is 1. The average molecular weight is 386 g/mol. The van der Waals surface area contributed by atoms with Crippen LogP contribution >= 0.6 is 0 Å². The Kier molecular flexibility index (Phi) is 5.24. The molecule has 0 saturated carbocycles. The molecule has 0 aromatic heterocycles. The fourth-order valence-electron chi connectivity index (χ4n) is 3.99. The van der Waals surface area contributed by atoms with E-state index in [0.717, 1.165) is 0 Å². The molecule has 1 aliphatic rings. The molecule has 0 amide bonds. The maximum atomic E-state index is 12.5. The van der Waals surface area contributed by atoms with Crippen molar-refractivity contribution in [3.63, 3.8) is 0 Å². The predicted octanol–water partition coefficient (Wildman–Crippen LogP) is 2.41. The van der Waals surface area contributed by atoms with E-state index in [1.54, 1.807) is 42.5 Å². The van der Waals surface area contributed by atoms with Gasteiger partial charge in [0.1, 0.15) is 23.6 Å². The first kappa shape index (κ1) is 19.6. The topological polar surface area (TPSA) is 111 Å². The van der Waals surface area contributed by atoms with E-state index >= 15 is 0 Å². The molecule has 1 heterocycles. The van der Waals surface area contributed by atoms with Crippen molar-refractivity contribution in [1.82, 2.24) is 5.32 Å². The zero-order valence-corrected chi connectivity index (χ0v) is 15.8. The van der Waals surface area contributed by atoms with Crippen LogP contribution in [0.1, 0.15) is 30.0 Å². The first-order valence-electron chi connectivity index (χ1n) is 8.74. The van der Waals surface area contributed by atoms with Gasteiger partial charge in [-0.1, -0.05) is 30.3 Å². The van der Waals surface area contributed by atoms with Gasteiger partial charge >= 0.3 is 5.97 Å². The molecule has 2 N–H and O–H groups in total. The molecule has 2 aromatic rings. The van der Waals surface area contributed by atoms with Gasteiger partial charge in [0.15, 0.2) is 0 Å². The van der Waals surface area contributed by atoms with E-state index in [1.807, 2.05) is 0 Å². The highest BCUT2D eigenvalue weighted by molar-refractivity contribution is 5.78. The van der Waals surface area contributed by atoms with Gasteiger partial charge in [-0.3, -0.25) is 20.2 Å². The third-order valence-electron chi connectivity index (χ3n) is 5.46. The number of phenols is 1. The summed E-state index contributed by atoms with van der Waals surface area (Å²) in [5.41, 5.74) is -0.667. The van der Waals surface area contributed by atoms with Crippen LogP contribution in [0.3, 0.4) is 0 Å². The molecule has 1 saturated heterocycles. The number of phenolic OH excluding ortho intramolecular Hbond substituents is 1. The number of hydrogen-bond donors (Lipinski definition) is 2. The molecule has 0 unspecified atom stereocenters. The smallest absolute Gasteiger partial charge is 0.323 e. The lowest BCUT2D eigenvalue weighted by Crippen LogP contribution is -2.45. The van der Waals surface area contributed by atoms with Crippen LogP contribution in [0.15, 0.2) is 48.5 Å². The highest BCUT2D eigenvalue weighted by Crippen LogP contribution is 2.50. The number of carbonyl (C=O) groups is 1. The summed E-state index contributed by atoms with van der Waals surface area (Å²) in [6.07, 6.45) is 0. The van der Waals surface area contributed by atoms with Gasteiger partial charge in [-0.15, -0.1) is 0 Å². The summed E-state index contributed by atoms with van der Waals surface area (Å²) in [6, 6.07) is 11.3. The molecular weight excluding hydrogens is 364 g/mol. The summed E-state index contributed by atoms with van der Waals surface area (Å²) >= 11 is 0. The predicted molar refractivity (Wildman–Crippen MR) is 101 cm³/mol. The van der Waals surface area contributed by atoms with Crippen LogP contribution in [0, 0.1) is 10.1 Å². The highest BCUT2D eigenvalue weighted by Gasteiger charge is 2.64. The van der Waals surface area contributed by atoms with Gasteiger partial charge in [-0.25, -0.2) is 0 Å². The Labute approximate surface area is 162 Å². The Balaban J connectivity index is 2.18.